The zero-order valence-corrected chi connectivity index (χ0v) is 13.5. The van der Waals surface area contributed by atoms with E-state index in [1.165, 1.54) is 10.8 Å². The lowest BCUT2D eigenvalue weighted by Gasteiger charge is -2.08. The molecular formula is C16H19N7O. The third-order valence-electron chi connectivity index (χ3n) is 4.12. The highest BCUT2D eigenvalue weighted by molar-refractivity contribution is 5.93. The number of nitrogens with zero attached hydrogens (tertiary/aromatic N) is 6. The van der Waals surface area contributed by atoms with Crippen LogP contribution in [-0.4, -0.2) is 41.8 Å². The van der Waals surface area contributed by atoms with Crippen molar-refractivity contribution in [1.82, 2.24) is 34.7 Å². The standard InChI is InChI=1S/C16H19N7O/c1-11-5-8-22(21-11)7-2-6-17-15(24)14-9-13(12-3-4-12)20-16-18-10-19-23(14)16/h5,8-10,12H,2-4,6-7H2,1H3,(H,17,24). The highest BCUT2D eigenvalue weighted by atomic mass is 16.2. The fourth-order valence-corrected chi connectivity index (χ4v) is 2.70. The van der Waals surface area contributed by atoms with E-state index in [0.717, 1.165) is 37.2 Å². The van der Waals surface area contributed by atoms with Crippen LogP contribution in [0.15, 0.2) is 24.7 Å². The summed E-state index contributed by atoms with van der Waals surface area (Å²) < 4.78 is 3.38. The van der Waals surface area contributed by atoms with Crippen LogP contribution in [0.5, 0.6) is 0 Å². The Morgan fingerprint density at radius 1 is 1.42 bits per heavy atom. The number of nitrogens with one attached hydrogen (secondary N) is 1. The fraction of sp³-hybridized carbons (Fsp3) is 0.438. The molecule has 1 amide bonds. The average Bonchev–Trinajstić information content (AvgIpc) is 3.18. The van der Waals surface area contributed by atoms with E-state index >= 15 is 0 Å². The summed E-state index contributed by atoms with van der Waals surface area (Å²) in [7, 11) is 0. The van der Waals surface area contributed by atoms with Crippen molar-refractivity contribution in [3.05, 3.63) is 41.7 Å². The molecule has 0 atom stereocenters. The van der Waals surface area contributed by atoms with Crippen molar-refractivity contribution >= 4 is 11.7 Å². The number of aromatic nitrogens is 6. The van der Waals surface area contributed by atoms with Gasteiger partial charge in [0.05, 0.1) is 5.69 Å². The second kappa shape index (κ2) is 6.03. The average molecular weight is 325 g/mol. The van der Waals surface area contributed by atoms with Gasteiger partial charge in [-0.25, -0.2) is 4.98 Å². The highest BCUT2D eigenvalue weighted by Gasteiger charge is 2.27. The molecule has 1 aliphatic rings. The zero-order valence-electron chi connectivity index (χ0n) is 13.5. The Bertz CT molecular complexity index is 878. The van der Waals surface area contributed by atoms with Gasteiger partial charge in [-0.1, -0.05) is 0 Å². The van der Waals surface area contributed by atoms with Gasteiger partial charge in [0.15, 0.2) is 0 Å². The van der Waals surface area contributed by atoms with Crippen molar-refractivity contribution in [3.8, 4) is 0 Å². The first-order valence-corrected chi connectivity index (χ1v) is 8.19. The van der Waals surface area contributed by atoms with Crippen LogP contribution < -0.4 is 5.32 Å². The maximum absolute atomic E-state index is 12.5. The first kappa shape index (κ1) is 14.8. The number of carbonyl (C=O) groups is 1. The first-order chi connectivity index (χ1) is 11.7. The number of hydrogen-bond acceptors (Lipinski definition) is 5. The van der Waals surface area contributed by atoms with E-state index in [2.05, 4.69) is 25.5 Å². The predicted molar refractivity (Wildman–Crippen MR) is 86.7 cm³/mol. The summed E-state index contributed by atoms with van der Waals surface area (Å²) >= 11 is 0. The van der Waals surface area contributed by atoms with Gasteiger partial charge in [-0.2, -0.15) is 19.7 Å². The maximum atomic E-state index is 12.5. The van der Waals surface area contributed by atoms with Crippen LogP contribution in [0.3, 0.4) is 0 Å². The molecule has 0 bridgehead atoms. The maximum Gasteiger partial charge on any atom is 0.270 e. The van der Waals surface area contributed by atoms with E-state index in [4.69, 9.17) is 0 Å². The van der Waals surface area contributed by atoms with Crippen molar-refractivity contribution < 1.29 is 4.79 Å². The number of aryl methyl sites for hydroxylation is 2. The van der Waals surface area contributed by atoms with E-state index in [1.807, 2.05) is 29.9 Å². The van der Waals surface area contributed by atoms with E-state index < -0.39 is 0 Å². The quantitative estimate of drug-likeness (QED) is 0.691. The molecule has 0 aliphatic heterocycles. The number of fused-ring (bicyclic) bond motifs is 1. The molecule has 1 aliphatic carbocycles. The third-order valence-corrected chi connectivity index (χ3v) is 4.12. The molecule has 0 radical (unpaired) electrons. The van der Waals surface area contributed by atoms with Crippen LogP contribution in [0, 0.1) is 6.92 Å². The van der Waals surface area contributed by atoms with E-state index in [0.29, 0.717) is 23.9 Å². The van der Waals surface area contributed by atoms with E-state index in [9.17, 15) is 4.79 Å². The first-order valence-electron chi connectivity index (χ1n) is 8.19. The minimum atomic E-state index is -0.147. The Morgan fingerprint density at radius 3 is 3.04 bits per heavy atom. The lowest BCUT2D eigenvalue weighted by atomic mass is 10.2. The highest BCUT2D eigenvalue weighted by Crippen LogP contribution is 2.39. The van der Waals surface area contributed by atoms with E-state index in [1.54, 1.807) is 0 Å². The van der Waals surface area contributed by atoms with Crippen LogP contribution >= 0.6 is 0 Å². The monoisotopic (exact) mass is 325 g/mol. The Morgan fingerprint density at radius 2 is 2.29 bits per heavy atom. The van der Waals surface area contributed by atoms with Crippen LogP contribution in [0.25, 0.3) is 5.78 Å². The van der Waals surface area contributed by atoms with Gasteiger partial charge in [0.25, 0.3) is 11.7 Å². The largest absolute Gasteiger partial charge is 0.351 e. The molecule has 3 aromatic rings. The summed E-state index contributed by atoms with van der Waals surface area (Å²) in [4.78, 5) is 21.1. The predicted octanol–water partition coefficient (Wildman–Crippen LogP) is 1.33. The molecule has 1 N–H and O–H groups in total. The van der Waals surface area contributed by atoms with Gasteiger partial charge < -0.3 is 5.32 Å². The summed E-state index contributed by atoms with van der Waals surface area (Å²) in [5, 5.41) is 11.4. The molecule has 0 unspecified atom stereocenters. The summed E-state index contributed by atoms with van der Waals surface area (Å²) in [6.07, 6.45) is 6.44. The van der Waals surface area contributed by atoms with Crippen LogP contribution in [0.4, 0.5) is 0 Å². The summed E-state index contributed by atoms with van der Waals surface area (Å²) in [6, 6.07) is 3.81. The van der Waals surface area contributed by atoms with Crippen molar-refractivity contribution in [2.75, 3.05) is 6.54 Å². The molecule has 8 nitrogen and oxygen atoms in total. The molecule has 0 spiro atoms. The van der Waals surface area contributed by atoms with Crippen LogP contribution in [-0.2, 0) is 6.54 Å². The van der Waals surface area contributed by atoms with Crippen LogP contribution in [0.2, 0.25) is 0 Å². The minimum Gasteiger partial charge on any atom is -0.351 e. The van der Waals surface area contributed by atoms with Crippen molar-refractivity contribution in [2.45, 2.75) is 38.6 Å². The lowest BCUT2D eigenvalue weighted by Crippen LogP contribution is -2.28. The number of hydrogen-bond donors (Lipinski definition) is 1. The third kappa shape index (κ3) is 2.99. The summed E-state index contributed by atoms with van der Waals surface area (Å²) in [6.45, 7) is 3.31. The minimum absolute atomic E-state index is 0.147. The molecule has 4 rings (SSSR count). The molecular weight excluding hydrogens is 306 g/mol. The van der Waals surface area contributed by atoms with Gasteiger partial charge in [-0.05, 0) is 38.3 Å². The molecule has 1 saturated carbocycles. The Labute approximate surface area is 138 Å². The lowest BCUT2D eigenvalue weighted by molar-refractivity contribution is 0.0945. The van der Waals surface area contributed by atoms with E-state index in [-0.39, 0.29) is 5.91 Å². The normalized spacial score (nSPS) is 14.2. The second-order valence-electron chi connectivity index (χ2n) is 6.14. The SMILES string of the molecule is Cc1ccn(CCCNC(=O)c2cc(C3CC3)nc3ncnn23)n1. The fourth-order valence-electron chi connectivity index (χ4n) is 2.70. The number of carbonyl (C=O) groups excluding carboxylic acids is 1. The molecule has 1 fully saturated rings. The van der Waals surface area contributed by atoms with Gasteiger partial charge in [-0.15, -0.1) is 0 Å². The van der Waals surface area contributed by atoms with Gasteiger partial charge in [0.2, 0.25) is 0 Å². The topological polar surface area (TPSA) is 90.0 Å². The number of rotatable bonds is 6. The Balaban J connectivity index is 1.42. The Hall–Kier alpha value is -2.77. The zero-order chi connectivity index (χ0) is 16.5. The molecule has 124 valence electrons. The van der Waals surface area contributed by atoms with Crippen molar-refractivity contribution in [1.29, 1.82) is 0 Å². The van der Waals surface area contributed by atoms with Gasteiger partial charge in [-0.3, -0.25) is 9.48 Å². The van der Waals surface area contributed by atoms with Crippen molar-refractivity contribution in [3.63, 3.8) is 0 Å². The molecule has 8 heteroatoms. The van der Waals surface area contributed by atoms with Gasteiger partial charge >= 0.3 is 0 Å². The van der Waals surface area contributed by atoms with Gasteiger partial charge in [0, 0.05) is 30.9 Å². The molecule has 3 heterocycles. The molecule has 0 saturated heterocycles. The molecule has 24 heavy (non-hydrogen) atoms. The smallest absolute Gasteiger partial charge is 0.270 e. The van der Waals surface area contributed by atoms with Crippen LogP contribution in [0.1, 0.15) is 47.1 Å². The van der Waals surface area contributed by atoms with Gasteiger partial charge in [0.1, 0.15) is 12.0 Å². The number of amides is 1. The Kier molecular flexibility index (Phi) is 3.72. The molecule has 0 aromatic carbocycles. The second-order valence-corrected chi connectivity index (χ2v) is 6.14. The molecule has 3 aromatic heterocycles. The summed E-state index contributed by atoms with van der Waals surface area (Å²) in [5.74, 6) is 0.796. The van der Waals surface area contributed by atoms with Crippen molar-refractivity contribution in [2.24, 2.45) is 0 Å². The summed E-state index contributed by atoms with van der Waals surface area (Å²) in [5.41, 5.74) is 2.43.